The van der Waals surface area contributed by atoms with E-state index in [2.05, 4.69) is 20.9 Å². The van der Waals surface area contributed by atoms with Gasteiger partial charge in [-0.05, 0) is 12.8 Å². The maximum Gasteiger partial charge on any atom is 0.322 e. The van der Waals surface area contributed by atoms with Crippen molar-refractivity contribution in [1.29, 1.82) is 0 Å². The third kappa shape index (κ3) is 10.8. The smallest absolute Gasteiger partial charge is 0.322 e. The molecule has 1 unspecified atom stereocenters. The van der Waals surface area contributed by atoms with Crippen LogP contribution in [0.1, 0.15) is 12.8 Å². The van der Waals surface area contributed by atoms with E-state index in [1.54, 1.807) is 0 Å². The number of guanidine groups is 1. The van der Waals surface area contributed by atoms with Crippen molar-refractivity contribution in [2.75, 3.05) is 26.2 Å². The lowest BCUT2D eigenvalue weighted by Crippen LogP contribution is -2.50. The Kier molecular flexibility index (Phi) is 10.2. The second-order valence-electron chi connectivity index (χ2n) is 4.66. The fourth-order valence-corrected chi connectivity index (χ4v) is 1.55. The minimum atomic E-state index is -1.22. The Morgan fingerprint density at radius 3 is 2.25 bits per heavy atom. The maximum atomic E-state index is 11.9. The highest BCUT2D eigenvalue weighted by molar-refractivity contribution is 5.91. The highest BCUT2D eigenvalue weighted by atomic mass is 16.4. The predicted molar refractivity (Wildman–Crippen MR) is 84.6 cm³/mol. The summed E-state index contributed by atoms with van der Waals surface area (Å²) in [5.74, 6) is -3.13. The van der Waals surface area contributed by atoms with Crippen LogP contribution in [0.4, 0.5) is 0 Å². The molecule has 24 heavy (non-hydrogen) atoms. The number of carbonyl (C=O) groups is 4. The largest absolute Gasteiger partial charge is 0.480 e. The number of carbonyl (C=O) groups excluding carboxylic acids is 3. The molecule has 0 heterocycles. The summed E-state index contributed by atoms with van der Waals surface area (Å²) in [4.78, 5) is 48.9. The number of carboxylic acid groups (broad SMARTS) is 1. The van der Waals surface area contributed by atoms with Gasteiger partial charge in [0, 0.05) is 6.54 Å². The van der Waals surface area contributed by atoms with Crippen molar-refractivity contribution in [3.05, 3.63) is 0 Å². The quantitative estimate of drug-likeness (QED) is 0.110. The van der Waals surface area contributed by atoms with Crippen molar-refractivity contribution in [3.8, 4) is 0 Å². The second kappa shape index (κ2) is 11.6. The Balaban J connectivity index is 4.56. The normalized spacial score (nSPS) is 11.0. The van der Waals surface area contributed by atoms with E-state index in [1.165, 1.54) is 0 Å². The van der Waals surface area contributed by atoms with E-state index in [-0.39, 0.29) is 32.0 Å². The summed E-state index contributed by atoms with van der Waals surface area (Å²) in [5, 5.41) is 15.4. The van der Waals surface area contributed by atoms with Gasteiger partial charge in [0.1, 0.15) is 12.6 Å². The Labute approximate surface area is 138 Å². The minimum Gasteiger partial charge on any atom is -0.480 e. The molecule has 0 rings (SSSR count). The molecule has 0 aliphatic heterocycles. The van der Waals surface area contributed by atoms with Gasteiger partial charge in [0.25, 0.3) is 0 Å². The van der Waals surface area contributed by atoms with Gasteiger partial charge in [-0.25, -0.2) is 0 Å². The summed E-state index contributed by atoms with van der Waals surface area (Å²) in [6, 6.07) is -0.985. The van der Waals surface area contributed by atoms with Crippen molar-refractivity contribution in [3.63, 3.8) is 0 Å². The summed E-state index contributed by atoms with van der Waals surface area (Å²) < 4.78 is 0. The number of nitrogens with two attached hydrogens (primary N) is 3. The molecule has 136 valence electrons. The summed E-state index contributed by atoms with van der Waals surface area (Å²) in [6.07, 6.45) is 0.553. The zero-order chi connectivity index (χ0) is 18.5. The van der Waals surface area contributed by atoms with Gasteiger partial charge in [-0.1, -0.05) is 0 Å². The molecule has 0 fully saturated rings. The molecule has 0 aromatic rings. The second-order valence-corrected chi connectivity index (χ2v) is 4.66. The van der Waals surface area contributed by atoms with E-state index < -0.39 is 36.3 Å². The Bertz CT molecular complexity index is 490. The van der Waals surface area contributed by atoms with Gasteiger partial charge in [-0.3, -0.25) is 24.2 Å². The van der Waals surface area contributed by atoms with Gasteiger partial charge in [0.2, 0.25) is 17.7 Å². The van der Waals surface area contributed by atoms with Crippen LogP contribution in [0.3, 0.4) is 0 Å². The molecule has 0 saturated heterocycles. The molecule has 3 amide bonds. The summed E-state index contributed by atoms with van der Waals surface area (Å²) in [5.41, 5.74) is 15.4. The first-order chi connectivity index (χ1) is 11.3. The molecule has 0 aliphatic carbocycles. The molecule has 0 spiro atoms. The summed E-state index contributed by atoms with van der Waals surface area (Å²) in [7, 11) is 0. The van der Waals surface area contributed by atoms with Crippen LogP contribution in [0.15, 0.2) is 4.99 Å². The number of carboxylic acids is 1. The van der Waals surface area contributed by atoms with Crippen LogP contribution in [0.25, 0.3) is 0 Å². The molecule has 0 aromatic heterocycles. The molecule has 0 saturated carbocycles. The standard InChI is InChI=1S/C12H23N7O5/c13-4-8(20)17-5-9(21)19-7(2-1-3-16-12(14)15)11(24)18-6-10(22)23/h7H,1-6,13H2,(H,17,20)(H,18,24)(H,19,21)(H,22,23)(H4,14,15,16). The molecule has 0 aliphatic rings. The molecule has 12 nitrogen and oxygen atoms in total. The number of hydrogen-bond acceptors (Lipinski definition) is 6. The topological polar surface area (TPSA) is 215 Å². The third-order valence-electron chi connectivity index (χ3n) is 2.64. The van der Waals surface area contributed by atoms with E-state index in [0.29, 0.717) is 6.42 Å². The number of amides is 3. The van der Waals surface area contributed by atoms with E-state index in [4.69, 9.17) is 22.3 Å². The predicted octanol–water partition coefficient (Wildman–Crippen LogP) is -4.20. The van der Waals surface area contributed by atoms with E-state index in [9.17, 15) is 19.2 Å². The lowest BCUT2D eigenvalue weighted by Gasteiger charge is -2.18. The zero-order valence-corrected chi connectivity index (χ0v) is 13.1. The number of nitrogens with zero attached hydrogens (tertiary/aromatic N) is 1. The molecule has 1 atom stereocenters. The lowest BCUT2D eigenvalue weighted by atomic mass is 10.1. The number of aliphatic carboxylic acids is 1. The number of hydrogen-bond donors (Lipinski definition) is 7. The lowest BCUT2D eigenvalue weighted by molar-refractivity contribution is -0.138. The number of rotatable bonds is 11. The average molecular weight is 345 g/mol. The monoisotopic (exact) mass is 345 g/mol. The highest BCUT2D eigenvalue weighted by Gasteiger charge is 2.21. The molecular formula is C12H23N7O5. The molecule has 0 radical (unpaired) electrons. The van der Waals surface area contributed by atoms with Crippen molar-refractivity contribution in [2.24, 2.45) is 22.2 Å². The first kappa shape index (κ1) is 21.1. The van der Waals surface area contributed by atoms with Gasteiger partial charge in [0.15, 0.2) is 5.96 Å². The van der Waals surface area contributed by atoms with Crippen LogP contribution in [0.5, 0.6) is 0 Å². The SMILES string of the molecule is NCC(=O)NCC(=O)NC(CCCN=C(N)N)C(=O)NCC(=O)O. The van der Waals surface area contributed by atoms with E-state index in [0.717, 1.165) is 0 Å². The first-order valence-electron chi connectivity index (χ1n) is 7.07. The van der Waals surface area contributed by atoms with Crippen LogP contribution < -0.4 is 33.2 Å². The van der Waals surface area contributed by atoms with Gasteiger partial charge in [-0.2, -0.15) is 0 Å². The molecule has 0 bridgehead atoms. The van der Waals surface area contributed by atoms with Gasteiger partial charge >= 0.3 is 5.97 Å². The van der Waals surface area contributed by atoms with Gasteiger partial charge in [-0.15, -0.1) is 0 Å². The Hall–Kier alpha value is -2.89. The zero-order valence-electron chi connectivity index (χ0n) is 13.1. The van der Waals surface area contributed by atoms with Crippen molar-refractivity contribution < 1.29 is 24.3 Å². The number of aliphatic imine (C=N–C) groups is 1. The molecular weight excluding hydrogens is 322 g/mol. The summed E-state index contributed by atoms with van der Waals surface area (Å²) >= 11 is 0. The first-order valence-corrected chi connectivity index (χ1v) is 7.07. The van der Waals surface area contributed by atoms with Crippen molar-refractivity contribution in [1.82, 2.24) is 16.0 Å². The molecule has 12 heteroatoms. The van der Waals surface area contributed by atoms with Crippen LogP contribution >= 0.6 is 0 Å². The van der Waals surface area contributed by atoms with Crippen molar-refractivity contribution >= 4 is 29.7 Å². The fraction of sp³-hybridized carbons (Fsp3) is 0.583. The van der Waals surface area contributed by atoms with Crippen LogP contribution in [0, 0.1) is 0 Å². The van der Waals surface area contributed by atoms with Crippen LogP contribution in [-0.4, -0.2) is 67.0 Å². The summed E-state index contributed by atoms with van der Waals surface area (Å²) in [6.45, 7) is -0.963. The van der Waals surface area contributed by atoms with Crippen LogP contribution in [0.2, 0.25) is 0 Å². The van der Waals surface area contributed by atoms with Crippen molar-refractivity contribution in [2.45, 2.75) is 18.9 Å². The van der Waals surface area contributed by atoms with E-state index in [1.807, 2.05) is 0 Å². The van der Waals surface area contributed by atoms with Gasteiger partial charge < -0.3 is 38.3 Å². The Morgan fingerprint density at radius 2 is 1.71 bits per heavy atom. The average Bonchev–Trinajstić information content (AvgIpc) is 2.52. The highest BCUT2D eigenvalue weighted by Crippen LogP contribution is 1.99. The number of nitrogens with one attached hydrogen (secondary N) is 3. The van der Waals surface area contributed by atoms with Crippen LogP contribution in [-0.2, 0) is 19.2 Å². The third-order valence-corrected chi connectivity index (χ3v) is 2.64. The molecule has 0 aromatic carbocycles. The minimum absolute atomic E-state index is 0.101. The fourth-order valence-electron chi connectivity index (χ4n) is 1.55. The molecule has 10 N–H and O–H groups in total. The van der Waals surface area contributed by atoms with E-state index >= 15 is 0 Å². The Morgan fingerprint density at radius 1 is 1.04 bits per heavy atom. The van der Waals surface area contributed by atoms with Gasteiger partial charge in [0.05, 0.1) is 13.1 Å². The maximum absolute atomic E-state index is 11.9.